The average Bonchev–Trinajstić information content (AvgIpc) is 2.86. The maximum absolute atomic E-state index is 5.70. The van der Waals surface area contributed by atoms with Gasteiger partial charge >= 0.3 is 0 Å². The molecular formula is C14H19N3O2. The molecule has 0 aliphatic rings. The minimum atomic E-state index is 0.222. The van der Waals surface area contributed by atoms with Gasteiger partial charge in [-0.1, -0.05) is 36.7 Å². The summed E-state index contributed by atoms with van der Waals surface area (Å²) in [6.07, 6.45) is 0. The first-order valence-electron chi connectivity index (χ1n) is 6.35. The molecule has 5 nitrogen and oxygen atoms in total. The number of benzene rings is 1. The average molecular weight is 261 g/mol. The van der Waals surface area contributed by atoms with Crippen molar-refractivity contribution in [1.82, 2.24) is 10.1 Å². The van der Waals surface area contributed by atoms with Gasteiger partial charge in [0.2, 0.25) is 11.7 Å². The molecule has 1 heterocycles. The van der Waals surface area contributed by atoms with Crippen LogP contribution in [0.25, 0.3) is 0 Å². The third-order valence-corrected chi connectivity index (χ3v) is 2.77. The SMILES string of the molecule is Cc1ccc(OCc2noc(C(C)C)n2)c(CN)c1. The highest BCUT2D eigenvalue weighted by Gasteiger charge is 2.11. The highest BCUT2D eigenvalue weighted by atomic mass is 16.5. The van der Waals surface area contributed by atoms with Crippen LogP contribution < -0.4 is 10.5 Å². The van der Waals surface area contributed by atoms with Gasteiger partial charge < -0.3 is 15.0 Å². The Hall–Kier alpha value is -1.88. The first kappa shape index (κ1) is 13.5. The van der Waals surface area contributed by atoms with Gasteiger partial charge in [0.15, 0.2) is 6.61 Å². The van der Waals surface area contributed by atoms with Crippen molar-refractivity contribution in [3.05, 3.63) is 41.0 Å². The molecule has 0 spiro atoms. The van der Waals surface area contributed by atoms with Gasteiger partial charge in [0.05, 0.1) is 0 Å². The summed E-state index contributed by atoms with van der Waals surface area (Å²) in [7, 11) is 0. The maximum Gasteiger partial charge on any atom is 0.229 e. The van der Waals surface area contributed by atoms with Crippen LogP contribution in [0.5, 0.6) is 5.75 Å². The zero-order valence-electron chi connectivity index (χ0n) is 11.5. The number of aryl methyl sites for hydroxylation is 1. The first-order chi connectivity index (χ1) is 9.10. The summed E-state index contributed by atoms with van der Waals surface area (Å²) in [6.45, 7) is 6.76. The van der Waals surface area contributed by atoms with Crippen LogP contribution in [-0.4, -0.2) is 10.1 Å². The quantitative estimate of drug-likeness (QED) is 0.895. The predicted octanol–water partition coefficient (Wildman–Crippen LogP) is 2.54. The van der Waals surface area contributed by atoms with Gasteiger partial charge in [0, 0.05) is 18.0 Å². The lowest BCUT2D eigenvalue weighted by molar-refractivity contribution is 0.282. The van der Waals surface area contributed by atoms with Crippen molar-refractivity contribution in [2.45, 2.75) is 39.8 Å². The number of hydrogen-bond donors (Lipinski definition) is 1. The van der Waals surface area contributed by atoms with Gasteiger partial charge in [-0.15, -0.1) is 0 Å². The lowest BCUT2D eigenvalue weighted by atomic mass is 10.1. The van der Waals surface area contributed by atoms with E-state index >= 15 is 0 Å². The normalized spacial score (nSPS) is 11.0. The molecule has 0 saturated heterocycles. The van der Waals surface area contributed by atoms with Gasteiger partial charge in [-0.05, 0) is 13.0 Å². The van der Waals surface area contributed by atoms with Crippen molar-refractivity contribution < 1.29 is 9.26 Å². The smallest absolute Gasteiger partial charge is 0.229 e. The minimum Gasteiger partial charge on any atom is -0.485 e. The summed E-state index contributed by atoms with van der Waals surface area (Å²) >= 11 is 0. The molecule has 0 saturated carbocycles. The number of nitrogens with two attached hydrogens (primary N) is 1. The van der Waals surface area contributed by atoms with Crippen LogP contribution in [0.3, 0.4) is 0 Å². The number of nitrogens with zero attached hydrogens (tertiary/aromatic N) is 2. The first-order valence-corrected chi connectivity index (χ1v) is 6.35. The summed E-state index contributed by atoms with van der Waals surface area (Å²) < 4.78 is 10.8. The summed E-state index contributed by atoms with van der Waals surface area (Å²) in [5.41, 5.74) is 7.84. The van der Waals surface area contributed by atoms with E-state index in [9.17, 15) is 0 Å². The molecule has 0 amide bonds. The van der Waals surface area contributed by atoms with Gasteiger partial charge in [-0.3, -0.25) is 0 Å². The number of aromatic nitrogens is 2. The second-order valence-corrected chi connectivity index (χ2v) is 4.81. The lowest BCUT2D eigenvalue weighted by Crippen LogP contribution is -2.04. The Kier molecular flexibility index (Phi) is 4.16. The van der Waals surface area contributed by atoms with Crippen molar-refractivity contribution in [1.29, 1.82) is 0 Å². The van der Waals surface area contributed by atoms with Crippen LogP contribution in [0, 0.1) is 6.92 Å². The van der Waals surface area contributed by atoms with E-state index in [1.807, 2.05) is 39.0 Å². The Morgan fingerprint density at radius 3 is 2.79 bits per heavy atom. The monoisotopic (exact) mass is 261 g/mol. The van der Waals surface area contributed by atoms with E-state index in [1.165, 1.54) is 0 Å². The van der Waals surface area contributed by atoms with Crippen molar-refractivity contribution in [3.8, 4) is 5.75 Å². The second-order valence-electron chi connectivity index (χ2n) is 4.81. The lowest BCUT2D eigenvalue weighted by Gasteiger charge is -2.09. The van der Waals surface area contributed by atoms with Crippen molar-refractivity contribution in [2.75, 3.05) is 0 Å². The van der Waals surface area contributed by atoms with E-state index in [1.54, 1.807) is 0 Å². The van der Waals surface area contributed by atoms with E-state index in [-0.39, 0.29) is 12.5 Å². The Morgan fingerprint density at radius 2 is 2.16 bits per heavy atom. The Bertz CT molecular complexity index is 549. The molecule has 2 rings (SSSR count). The van der Waals surface area contributed by atoms with Crippen LogP contribution in [0.4, 0.5) is 0 Å². The van der Waals surface area contributed by atoms with E-state index in [0.29, 0.717) is 18.3 Å². The third-order valence-electron chi connectivity index (χ3n) is 2.77. The van der Waals surface area contributed by atoms with Crippen LogP contribution in [0.2, 0.25) is 0 Å². The summed E-state index contributed by atoms with van der Waals surface area (Å²) in [6, 6.07) is 5.93. The largest absolute Gasteiger partial charge is 0.485 e. The van der Waals surface area contributed by atoms with Gasteiger partial charge in [0.1, 0.15) is 5.75 Å². The Labute approximate surface area is 112 Å². The molecule has 0 aliphatic carbocycles. The zero-order valence-corrected chi connectivity index (χ0v) is 11.5. The highest BCUT2D eigenvalue weighted by molar-refractivity contribution is 5.36. The van der Waals surface area contributed by atoms with Crippen LogP contribution >= 0.6 is 0 Å². The summed E-state index contributed by atoms with van der Waals surface area (Å²) in [4.78, 5) is 4.26. The Morgan fingerprint density at radius 1 is 1.37 bits per heavy atom. The number of hydrogen-bond acceptors (Lipinski definition) is 5. The molecule has 1 aromatic heterocycles. The van der Waals surface area contributed by atoms with E-state index < -0.39 is 0 Å². The molecule has 5 heteroatoms. The topological polar surface area (TPSA) is 74.2 Å². The fourth-order valence-corrected chi connectivity index (χ4v) is 1.71. The molecule has 2 N–H and O–H groups in total. The maximum atomic E-state index is 5.70. The molecule has 0 radical (unpaired) electrons. The fourth-order valence-electron chi connectivity index (χ4n) is 1.71. The van der Waals surface area contributed by atoms with E-state index in [0.717, 1.165) is 16.9 Å². The molecule has 0 atom stereocenters. The molecule has 0 bridgehead atoms. The van der Waals surface area contributed by atoms with Gasteiger partial charge in [-0.2, -0.15) is 4.98 Å². The van der Waals surface area contributed by atoms with Crippen LogP contribution in [0.15, 0.2) is 22.7 Å². The van der Waals surface area contributed by atoms with E-state index in [4.69, 9.17) is 15.0 Å². The Balaban J connectivity index is 2.05. The molecule has 1 aromatic carbocycles. The zero-order chi connectivity index (χ0) is 13.8. The minimum absolute atomic E-state index is 0.222. The highest BCUT2D eigenvalue weighted by Crippen LogP contribution is 2.20. The molecular weight excluding hydrogens is 242 g/mol. The van der Waals surface area contributed by atoms with Gasteiger partial charge in [-0.25, -0.2) is 0 Å². The number of rotatable bonds is 5. The molecule has 2 aromatic rings. The standard InChI is InChI=1S/C14H19N3O2/c1-9(2)14-16-13(17-19-14)8-18-12-5-4-10(3)6-11(12)7-15/h4-6,9H,7-8,15H2,1-3H3. The predicted molar refractivity (Wildman–Crippen MR) is 71.8 cm³/mol. The van der Waals surface area contributed by atoms with Gasteiger partial charge in [0.25, 0.3) is 0 Å². The number of ether oxygens (including phenoxy) is 1. The van der Waals surface area contributed by atoms with Crippen LogP contribution in [0.1, 0.15) is 42.6 Å². The van der Waals surface area contributed by atoms with Crippen LogP contribution in [-0.2, 0) is 13.2 Å². The molecule has 102 valence electrons. The van der Waals surface area contributed by atoms with Crippen molar-refractivity contribution in [2.24, 2.45) is 5.73 Å². The van der Waals surface area contributed by atoms with Crippen molar-refractivity contribution >= 4 is 0 Å². The third kappa shape index (κ3) is 3.32. The fraction of sp³-hybridized carbons (Fsp3) is 0.429. The summed E-state index contributed by atoms with van der Waals surface area (Å²) in [5, 5.41) is 3.88. The summed E-state index contributed by atoms with van der Waals surface area (Å²) in [5.74, 6) is 2.16. The molecule has 19 heavy (non-hydrogen) atoms. The van der Waals surface area contributed by atoms with E-state index in [2.05, 4.69) is 10.1 Å². The molecule has 0 aliphatic heterocycles. The van der Waals surface area contributed by atoms with Crippen molar-refractivity contribution in [3.63, 3.8) is 0 Å². The molecule has 0 fully saturated rings. The molecule has 0 unspecified atom stereocenters. The second kappa shape index (κ2) is 5.84.